The average Bonchev–Trinajstić information content (AvgIpc) is 2.63. The Morgan fingerprint density at radius 2 is 1.58 bits per heavy atom. The molecule has 3 aromatic rings. The molecule has 0 saturated heterocycles. The normalized spacial score (nSPS) is 11.2. The van der Waals surface area contributed by atoms with Crippen molar-refractivity contribution in [2.45, 2.75) is 11.8 Å². The lowest BCUT2D eigenvalue weighted by Crippen LogP contribution is -2.16. The molecule has 0 heterocycles. The van der Waals surface area contributed by atoms with E-state index in [1.807, 2.05) is 13.0 Å². The molecule has 0 aliphatic carbocycles. The second-order valence-corrected chi connectivity index (χ2v) is 7.92. The number of carbonyl (C=O) groups is 1. The van der Waals surface area contributed by atoms with Gasteiger partial charge in [0.1, 0.15) is 0 Å². The second-order valence-electron chi connectivity index (χ2n) is 5.80. The van der Waals surface area contributed by atoms with Crippen molar-refractivity contribution in [2.75, 3.05) is 4.72 Å². The summed E-state index contributed by atoms with van der Waals surface area (Å²) < 4.78 is 27.8. The number of anilines is 1. The molecule has 3 aromatic carbocycles. The maximum Gasteiger partial charge on any atom is 0.261 e. The van der Waals surface area contributed by atoms with E-state index in [1.54, 1.807) is 42.5 Å². The van der Waals surface area contributed by atoms with E-state index in [9.17, 15) is 13.2 Å². The van der Waals surface area contributed by atoms with Crippen LogP contribution in [0.25, 0.3) is 0 Å². The van der Waals surface area contributed by atoms with Crippen LogP contribution in [0.4, 0.5) is 5.69 Å². The summed E-state index contributed by atoms with van der Waals surface area (Å²) >= 11 is 5.81. The van der Waals surface area contributed by atoms with E-state index >= 15 is 0 Å². The second kappa shape index (κ2) is 7.32. The van der Waals surface area contributed by atoms with Crippen molar-refractivity contribution in [2.24, 2.45) is 0 Å². The number of rotatable bonds is 5. The highest BCUT2D eigenvalue weighted by Gasteiger charge is 2.19. The predicted octanol–water partition coefficient (Wildman–Crippen LogP) is 4.68. The summed E-state index contributed by atoms with van der Waals surface area (Å²) in [5, 5.41) is 0.444. The molecule has 0 saturated carbocycles. The number of halogens is 1. The number of carbonyl (C=O) groups excluding carboxylic acids is 1. The Hall–Kier alpha value is -2.63. The van der Waals surface area contributed by atoms with Gasteiger partial charge in [0.25, 0.3) is 10.0 Å². The van der Waals surface area contributed by atoms with E-state index in [0.717, 1.165) is 5.56 Å². The highest BCUT2D eigenvalue weighted by atomic mass is 35.5. The smallest absolute Gasteiger partial charge is 0.261 e. The van der Waals surface area contributed by atoms with Gasteiger partial charge in [-0.3, -0.25) is 9.52 Å². The first kappa shape index (κ1) is 18.2. The van der Waals surface area contributed by atoms with Gasteiger partial charge >= 0.3 is 0 Å². The standard InChI is InChI=1S/C20H16ClNO3S/c1-14-7-12-19(18(13-14)20(23)15-5-3-2-4-6-15)22-26(24,25)17-10-8-16(21)9-11-17/h2-13,22H,1H3. The van der Waals surface area contributed by atoms with Crippen LogP contribution in [0.5, 0.6) is 0 Å². The Labute approximate surface area is 157 Å². The highest BCUT2D eigenvalue weighted by Crippen LogP contribution is 2.24. The minimum atomic E-state index is -3.84. The van der Waals surface area contributed by atoms with E-state index in [0.29, 0.717) is 16.1 Å². The van der Waals surface area contributed by atoms with E-state index in [2.05, 4.69) is 4.72 Å². The molecule has 0 aromatic heterocycles. The Bertz CT molecular complexity index is 1050. The van der Waals surface area contributed by atoms with Crippen LogP contribution >= 0.6 is 11.6 Å². The highest BCUT2D eigenvalue weighted by molar-refractivity contribution is 7.92. The van der Waals surface area contributed by atoms with Crippen LogP contribution in [0.1, 0.15) is 21.5 Å². The molecule has 0 fully saturated rings. The number of nitrogens with one attached hydrogen (secondary N) is 1. The molecule has 0 radical (unpaired) electrons. The van der Waals surface area contributed by atoms with Crippen LogP contribution in [0, 0.1) is 6.92 Å². The lowest BCUT2D eigenvalue weighted by Gasteiger charge is -2.13. The number of aryl methyl sites for hydroxylation is 1. The molecule has 4 nitrogen and oxygen atoms in total. The molecule has 0 aliphatic heterocycles. The molecular formula is C20H16ClNO3S. The van der Waals surface area contributed by atoms with Crippen molar-refractivity contribution in [3.63, 3.8) is 0 Å². The molecule has 0 amide bonds. The van der Waals surface area contributed by atoms with Crippen molar-refractivity contribution >= 4 is 33.1 Å². The topological polar surface area (TPSA) is 63.2 Å². The van der Waals surface area contributed by atoms with Gasteiger partial charge in [0, 0.05) is 16.1 Å². The fourth-order valence-corrected chi connectivity index (χ4v) is 3.70. The molecule has 132 valence electrons. The number of benzene rings is 3. The SMILES string of the molecule is Cc1ccc(NS(=O)(=O)c2ccc(Cl)cc2)c(C(=O)c2ccccc2)c1. The zero-order valence-electron chi connectivity index (χ0n) is 13.9. The van der Waals surface area contributed by atoms with Crippen molar-refractivity contribution in [3.05, 3.63) is 94.5 Å². The minimum absolute atomic E-state index is 0.0700. The summed E-state index contributed by atoms with van der Waals surface area (Å²) in [7, 11) is -3.84. The number of sulfonamides is 1. The van der Waals surface area contributed by atoms with Crippen molar-refractivity contribution in [1.82, 2.24) is 0 Å². The fourth-order valence-electron chi connectivity index (χ4n) is 2.50. The Morgan fingerprint density at radius 1 is 0.923 bits per heavy atom. The summed E-state index contributed by atoms with van der Waals surface area (Å²) in [6.07, 6.45) is 0. The third kappa shape index (κ3) is 3.95. The molecule has 0 spiro atoms. The Balaban J connectivity index is 2.01. The summed E-state index contributed by atoms with van der Waals surface area (Å²) in [5.74, 6) is -0.247. The van der Waals surface area contributed by atoms with Crippen molar-refractivity contribution in [1.29, 1.82) is 0 Å². The molecule has 0 unspecified atom stereocenters. The summed E-state index contributed by atoms with van der Waals surface area (Å²) in [4.78, 5) is 12.9. The van der Waals surface area contributed by atoms with Crippen LogP contribution in [-0.4, -0.2) is 14.2 Å². The van der Waals surface area contributed by atoms with E-state index < -0.39 is 10.0 Å². The van der Waals surface area contributed by atoms with E-state index in [1.165, 1.54) is 24.3 Å². The van der Waals surface area contributed by atoms with Crippen LogP contribution in [0.15, 0.2) is 77.7 Å². The maximum atomic E-state index is 12.8. The third-order valence-electron chi connectivity index (χ3n) is 3.82. The van der Waals surface area contributed by atoms with Crippen LogP contribution in [0.2, 0.25) is 5.02 Å². The van der Waals surface area contributed by atoms with Crippen LogP contribution in [-0.2, 0) is 10.0 Å². The van der Waals surface area contributed by atoms with Crippen molar-refractivity contribution in [3.8, 4) is 0 Å². The Kier molecular flexibility index (Phi) is 5.11. The lowest BCUT2D eigenvalue weighted by molar-refractivity contribution is 0.103. The van der Waals surface area contributed by atoms with Gasteiger partial charge < -0.3 is 0 Å². The summed E-state index contributed by atoms with van der Waals surface area (Å²) in [6.45, 7) is 1.85. The minimum Gasteiger partial charge on any atom is -0.289 e. The van der Waals surface area contributed by atoms with Gasteiger partial charge in [0.15, 0.2) is 5.78 Å². The first-order chi connectivity index (χ1) is 12.4. The van der Waals surface area contributed by atoms with Crippen LogP contribution in [0.3, 0.4) is 0 Å². The Morgan fingerprint density at radius 3 is 2.23 bits per heavy atom. The zero-order valence-corrected chi connectivity index (χ0v) is 15.5. The van der Waals surface area contributed by atoms with Gasteiger partial charge in [-0.05, 0) is 43.3 Å². The van der Waals surface area contributed by atoms with Gasteiger partial charge in [-0.2, -0.15) is 0 Å². The monoisotopic (exact) mass is 385 g/mol. The molecule has 0 bridgehead atoms. The third-order valence-corrected chi connectivity index (χ3v) is 5.46. The fraction of sp³-hybridized carbons (Fsp3) is 0.0500. The first-order valence-corrected chi connectivity index (χ1v) is 9.72. The quantitative estimate of drug-likeness (QED) is 0.648. The van der Waals surface area contributed by atoms with Crippen LogP contribution < -0.4 is 4.72 Å². The van der Waals surface area contributed by atoms with Gasteiger partial charge in [-0.15, -0.1) is 0 Å². The molecule has 3 rings (SSSR count). The average molecular weight is 386 g/mol. The molecule has 0 atom stereocenters. The van der Waals surface area contributed by atoms with Gasteiger partial charge in [0.05, 0.1) is 10.6 Å². The van der Waals surface area contributed by atoms with Gasteiger partial charge in [-0.25, -0.2) is 8.42 Å². The van der Waals surface area contributed by atoms with Gasteiger partial charge in [-0.1, -0.05) is 53.6 Å². The molecule has 1 N–H and O–H groups in total. The van der Waals surface area contributed by atoms with E-state index in [-0.39, 0.29) is 16.4 Å². The molecule has 0 aliphatic rings. The lowest BCUT2D eigenvalue weighted by atomic mass is 10.00. The molecule has 26 heavy (non-hydrogen) atoms. The largest absolute Gasteiger partial charge is 0.289 e. The van der Waals surface area contributed by atoms with Gasteiger partial charge in [0.2, 0.25) is 0 Å². The zero-order chi connectivity index (χ0) is 18.7. The van der Waals surface area contributed by atoms with Crippen molar-refractivity contribution < 1.29 is 13.2 Å². The van der Waals surface area contributed by atoms with E-state index in [4.69, 9.17) is 11.6 Å². The molecule has 6 heteroatoms. The summed E-state index contributed by atoms with van der Waals surface area (Å²) in [5.41, 5.74) is 1.89. The summed E-state index contributed by atoms with van der Waals surface area (Å²) in [6, 6.07) is 19.6. The molecular weight excluding hydrogens is 370 g/mol. The number of hydrogen-bond acceptors (Lipinski definition) is 3. The maximum absolute atomic E-state index is 12.8. The number of ketones is 1. The number of hydrogen-bond donors (Lipinski definition) is 1. The predicted molar refractivity (Wildman–Crippen MR) is 103 cm³/mol. The first-order valence-electron chi connectivity index (χ1n) is 7.85.